The number of benzene rings is 2. The van der Waals surface area contributed by atoms with E-state index in [4.69, 9.17) is 8.94 Å². The van der Waals surface area contributed by atoms with Crippen LogP contribution in [0.4, 0.5) is 11.5 Å². The number of anilines is 2. The predicted octanol–water partition coefficient (Wildman–Crippen LogP) is 3.98. The summed E-state index contributed by atoms with van der Waals surface area (Å²) in [5.74, 6) is -0.551. The lowest BCUT2D eigenvalue weighted by molar-refractivity contribution is -0.121. The zero-order chi connectivity index (χ0) is 23.9. The largest absolute Gasteiger partial charge is 0.450 e. The van der Waals surface area contributed by atoms with Crippen molar-refractivity contribution in [2.75, 3.05) is 16.3 Å². The number of carbonyl (C=O) groups excluding carboxylic acids is 2. The molecular formula is C26H21N3O5. The number of hydrogen-bond donors (Lipinski definition) is 0. The number of aryl methyl sites for hydroxylation is 3. The maximum atomic E-state index is 14.2. The lowest BCUT2D eigenvalue weighted by Crippen LogP contribution is -2.53. The quantitative estimate of drug-likeness (QED) is 0.454. The van der Waals surface area contributed by atoms with Crippen molar-refractivity contribution in [2.45, 2.75) is 33.2 Å². The number of fused-ring (bicyclic) bond motifs is 5. The molecule has 0 N–H and O–H groups in total. The number of hydrogen-bond acceptors (Lipinski definition) is 6. The van der Waals surface area contributed by atoms with Gasteiger partial charge in [0.25, 0.3) is 11.8 Å². The van der Waals surface area contributed by atoms with Crippen LogP contribution in [0, 0.1) is 20.8 Å². The molecule has 0 fully saturated rings. The zero-order valence-corrected chi connectivity index (χ0v) is 19.1. The Hall–Kier alpha value is -4.20. The molecule has 2 aliphatic heterocycles. The molecule has 0 aliphatic carbocycles. The molecule has 34 heavy (non-hydrogen) atoms. The molecule has 2 aliphatic rings. The lowest BCUT2D eigenvalue weighted by Gasteiger charge is -2.32. The Morgan fingerprint density at radius 2 is 1.74 bits per heavy atom. The highest BCUT2D eigenvalue weighted by Crippen LogP contribution is 2.53. The van der Waals surface area contributed by atoms with Gasteiger partial charge in [-0.3, -0.25) is 19.3 Å². The van der Waals surface area contributed by atoms with E-state index in [1.165, 1.54) is 4.90 Å². The molecule has 2 aromatic carbocycles. The van der Waals surface area contributed by atoms with E-state index < -0.39 is 22.8 Å². The predicted molar refractivity (Wildman–Crippen MR) is 125 cm³/mol. The van der Waals surface area contributed by atoms with Crippen molar-refractivity contribution in [3.63, 3.8) is 0 Å². The molecule has 2 amide bonds. The third-order valence-electron chi connectivity index (χ3n) is 6.90. The van der Waals surface area contributed by atoms with Crippen LogP contribution in [0.1, 0.15) is 45.5 Å². The van der Waals surface area contributed by atoms with Crippen molar-refractivity contribution in [3.8, 4) is 0 Å². The monoisotopic (exact) mass is 455 g/mol. The number of para-hydroxylation sites is 1. The van der Waals surface area contributed by atoms with Gasteiger partial charge >= 0.3 is 0 Å². The van der Waals surface area contributed by atoms with E-state index >= 15 is 0 Å². The summed E-state index contributed by atoms with van der Waals surface area (Å²) >= 11 is 0. The van der Waals surface area contributed by atoms with Gasteiger partial charge in [-0.2, -0.15) is 0 Å². The highest BCUT2D eigenvalue weighted by Gasteiger charge is 2.66. The highest BCUT2D eigenvalue weighted by molar-refractivity contribution is 6.24. The minimum Gasteiger partial charge on any atom is -0.450 e. The Labute approximate surface area is 194 Å². The average molecular weight is 455 g/mol. The first kappa shape index (κ1) is 20.4. The van der Waals surface area contributed by atoms with Gasteiger partial charge in [0, 0.05) is 18.2 Å². The van der Waals surface area contributed by atoms with Gasteiger partial charge in [-0.15, -0.1) is 0 Å². The maximum absolute atomic E-state index is 14.2. The fraction of sp³-hybridized carbons (Fsp3) is 0.231. The molecule has 0 radical (unpaired) electrons. The summed E-state index contributed by atoms with van der Waals surface area (Å²) in [6.07, 6.45) is 0. The number of rotatable bonds is 2. The van der Waals surface area contributed by atoms with Crippen molar-refractivity contribution >= 4 is 34.3 Å². The van der Waals surface area contributed by atoms with Gasteiger partial charge in [-0.1, -0.05) is 23.4 Å². The molecule has 0 saturated carbocycles. The first-order chi connectivity index (χ1) is 16.3. The van der Waals surface area contributed by atoms with Crippen LogP contribution in [0.5, 0.6) is 0 Å². The van der Waals surface area contributed by atoms with Gasteiger partial charge in [0.05, 0.1) is 16.6 Å². The Morgan fingerprint density at radius 1 is 1.00 bits per heavy atom. The summed E-state index contributed by atoms with van der Waals surface area (Å²) < 4.78 is 11.4. The number of amides is 2. The Morgan fingerprint density at radius 3 is 2.44 bits per heavy atom. The number of likely N-dealkylation sites (N-methyl/N-ethyl adjacent to an activating group) is 1. The fourth-order valence-corrected chi connectivity index (χ4v) is 5.24. The van der Waals surface area contributed by atoms with E-state index in [-0.39, 0.29) is 17.1 Å². The standard InChI is InChI=1S/C26H21N3O5/c1-5-28-18-9-7-6-8-17(18)26(25(28)32)21-22(30)16-10-13(2)14(3)11-19(16)33-23(21)24(31)29(26)20-12-15(4)34-27-20/h6-12H,5H2,1-4H3. The topological polar surface area (TPSA) is 96.9 Å². The van der Waals surface area contributed by atoms with Gasteiger partial charge < -0.3 is 13.8 Å². The molecule has 4 heterocycles. The summed E-state index contributed by atoms with van der Waals surface area (Å²) in [6, 6.07) is 12.3. The van der Waals surface area contributed by atoms with Gasteiger partial charge in [-0.05, 0) is 57.0 Å². The van der Waals surface area contributed by atoms with Crippen molar-refractivity contribution in [1.82, 2.24) is 5.16 Å². The molecule has 2 aromatic heterocycles. The van der Waals surface area contributed by atoms with E-state index in [9.17, 15) is 14.4 Å². The van der Waals surface area contributed by atoms with Gasteiger partial charge in [0.15, 0.2) is 16.8 Å². The van der Waals surface area contributed by atoms with Gasteiger partial charge in [-0.25, -0.2) is 0 Å². The second-order valence-electron chi connectivity index (χ2n) is 8.78. The van der Waals surface area contributed by atoms with Crippen LogP contribution < -0.4 is 15.2 Å². The van der Waals surface area contributed by atoms with Crippen LogP contribution in [-0.2, 0) is 10.3 Å². The van der Waals surface area contributed by atoms with Gasteiger partial charge in [0.1, 0.15) is 11.3 Å². The van der Waals surface area contributed by atoms with Crippen LogP contribution in [0.15, 0.2) is 56.2 Å². The smallest absolute Gasteiger partial charge is 0.297 e. The lowest BCUT2D eigenvalue weighted by atomic mass is 9.84. The number of carbonyl (C=O) groups is 2. The van der Waals surface area contributed by atoms with Crippen molar-refractivity contribution in [3.05, 3.63) is 86.5 Å². The summed E-state index contributed by atoms with van der Waals surface area (Å²) in [5, 5.41) is 4.38. The summed E-state index contributed by atoms with van der Waals surface area (Å²) in [6.45, 7) is 7.73. The van der Waals surface area contributed by atoms with Crippen molar-refractivity contribution in [1.29, 1.82) is 0 Å². The minimum atomic E-state index is -1.74. The first-order valence-corrected chi connectivity index (χ1v) is 11.1. The minimum absolute atomic E-state index is 0.0160. The highest BCUT2D eigenvalue weighted by atomic mass is 16.5. The third kappa shape index (κ3) is 2.27. The summed E-state index contributed by atoms with van der Waals surface area (Å²) in [5.41, 5.74) is 1.19. The Balaban J connectivity index is 1.80. The molecule has 8 nitrogen and oxygen atoms in total. The van der Waals surface area contributed by atoms with Crippen LogP contribution in [0.3, 0.4) is 0 Å². The SMILES string of the molecule is CCN1C(=O)C2(c3ccccc31)c1c(oc3cc(C)c(C)cc3c1=O)C(=O)N2c1cc(C)on1. The van der Waals surface area contributed by atoms with E-state index in [1.54, 1.807) is 42.2 Å². The normalized spacial score (nSPS) is 18.9. The van der Waals surface area contributed by atoms with Crippen molar-refractivity contribution < 1.29 is 18.5 Å². The van der Waals surface area contributed by atoms with Crippen LogP contribution in [0.25, 0.3) is 11.0 Å². The second-order valence-corrected chi connectivity index (χ2v) is 8.78. The van der Waals surface area contributed by atoms with Crippen LogP contribution in [-0.4, -0.2) is 23.5 Å². The molecule has 0 bridgehead atoms. The molecule has 0 saturated heterocycles. The Kier molecular flexibility index (Phi) is 4.00. The number of aromatic nitrogens is 1. The van der Waals surface area contributed by atoms with E-state index in [2.05, 4.69) is 5.16 Å². The zero-order valence-electron chi connectivity index (χ0n) is 19.1. The molecule has 6 rings (SSSR count). The maximum Gasteiger partial charge on any atom is 0.297 e. The Bertz CT molecular complexity index is 1610. The van der Waals surface area contributed by atoms with E-state index in [0.29, 0.717) is 34.5 Å². The molecule has 170 valence electrons. The molecule has 8 heteroatoms. The summed E-state index contributed by atoms with van der Waals surface area (Å²) in [7, 11) is 0. The molecule has 4 aromatic rings. The van der Waals surface area contributed by atoms with Crippen LogP contribution in [0.2, 0.25) is 0 Å². The van der Waals surface area contributed by atoms with E-state index in [1.807, 2.05) is 32.9 Å². The van der Waals surface area contributed by atoms with Crippen molar-refractivity contribution in [2.24, 2.45) is 0 Å². The molecule has 1 spiro atoms. The molecule has 1 atom stereocenters. The van der Waals surface area contributed by atoms with E-state index in [0.717, 1.165) is 11.1 Å². The first-order valence-electron chi connectivity index (χ1n) is 11.1. The van der Waals surface area contributed by atoms with Crippen LogP contribution >= 0.6 is 0 Å². The number of nitrogens with zero attached hydrogens (tertiary/aromatic N) is 3. The fourth-order valence-electron chi connectivity index (χ4n) is 5.24. The summed E-state index contributed by atoms with van der Waals surface area (Å²) in [4.78, 5) is 45.0. The average Bonchev–Trinajstić information content (AvgIpc) is 3.42. The molecule has 1 unspecified atom stereocenters. The second kappa shape index (κ2) is 6.66. The van der Waals surface area contributed by atoms with Gasteiger partial charge in [0.2, 0.25) is 5.76 Å². The third-order valence-corrected chi connectivity index (χ3v) is 6.90. The molecular weight excluding hydrogens is 434 g/mol.